The molecule has 0 saturated heterocycles. The van der Waals surface area contributed by atoms with E-state index in [1.165, 1.54) is 0 Å². The lowest BCUT2D eigenvalue weighted by Gasteiger charge is -2.16. The fourth-order valence-corrected chi connectivity index (χ4v) is 1.41. The highest BCUT2D eigenvalue weighted by molar-refractivity contribution is 5.90. The second-order valence-electron chi connectivity index (χ2n) is 4.19. The van der Waals surface area contributed by atoms with Crippen LogP contribution in [0, 0.1) is 0 Å². The van der Waals surface area contributed by atoms with Crippen molar-refractivity contribution < 1.29 is 39.3 Å². The molecule has 5 N–H and O–H groups in total. The fraction of sp³-hybridized carbons (Fsp3) is 0.545. The van der Waals surface area contributed by atoms with Gasteiger partial charge in [-0.15, -0.1) is 0 Å². The van der Waals surface area contributed by atoms with Gasteiger partial charge in [0, 0.05) is 13.3 Å². The predicted molar refractivity (Wildman–Crippen MR) is 66.3 cm³/mol. The summed E-state index contributed by atoms with van der Waals surface area (Å²) in [7, 11) is 0. The van der Waals surface area contributed by atoms with Gasteiger partial charge in [-0.1, -0.05) is 0 Å². The third-order valence-corrected chi connectivity index (χ3v) is 2.35. The normalized spacial score (nSPS) is 12.8. The van der Waals surface area contributed by atoms with Crippen LogP contribution in [-0.2, 0) is 24.0 Å². The van der Waals surface area contributed by atoms with Crippen LogP contribution in [0.25, 0.3) is 0 Å². The van der Waals surface area contributed by atoms with Crippen molar-refractivity contribution in [3.8, 4) is 0 Å². The van der Waals surface area contributed by atoms with E-state index in [-0.39, 0.29) is 6.42 Å². The Labute approximate surface area is 119 Å². The molecule has 21 heavy (non-hydrogen) atoms. The van der Waals surface area contributed by atoms with Crippen LogP contribution in [0.3, 0.4) is 0 Å². The van der Waals surface area contributed by atoms with Crippen molar-refractivity contribution in [2.24, 2.45) is 0 Å². The van der Waals surface area contributed by atoms with Gasteiger partial charge in [-0.2, -0.15) is 0 Å². The van der Waals surface area contributed by atoms with Gasteiger partial charge in [-0.05, 0) is 6.42 Å². The lowest BCUT2D eigenvalue weighted by Crippen LogP contribution is -2.47. The number of nitrogens with one attached hydrogen (secondary N) is 2. The maximum atomic E-state index is 11.6. The van der Waals surface area contributed by atoms with Crippen molar-refractivity contribution in [2.45, 2.75) is 38.3 Å². The first-order valence-electron chi connectivity index (χ1n) is 5.87. The Hall–Kier alpha value is -2.65. The average Bonchev–Trinajstić information content (AvgIpc) is 2.32. The summed E-state index contributed by atoms with van der Waals surface area (Å²) in [4.78, 5) is 54.4. The maximum absolute atomic E-state index is 11.6. The molecule has 0 fully saturated rings. The van der Waals surface area contributed by atoms with E-state index < -0.39 is 54.6 Å². The number of hydrogen-bond acceptors (Lipinski definition) is 5. The molecule has 0 aliphatic rings. The van der Waals surface area contributed by atoms with Gasteiger partial charge in [0.25, 0.3) is 0 Å². The fourth-order valence-electron chi connectivity index (χ4n) is 1.41. The number of amides is 2. The number of rotatable bonds is 9. The Morgan fingerprint density at radius 1 is 0.905 bits per heavy atom. The zero-order chi connectivity index (χ0) is 16.6. The summed E-state index contributed by atoms with van der Waals surface area (Å²) in [6, 6.07) is -2.93. The quantitative estimate of drug-likeness (QED) is 0.339. The summed E-state index contributed by atoms with van der Waals surface area (Å²) >= 11 is 0. The minimum Gasteiger partial charge on any atom is -0.481 e. The van der Waals surface area contributed by atoms with Crippen LogP contribution in [-0.4, -0.2) is 57.1 Å². The first-order chi connectivity index (χ1) is 9.63. The van der Waals surface area contributed by atoms with Crippen molar-refractivity contribution >= 4 is 29.7 Å². The largest absolute Gasteiger partial charge is 0.481 e. The molecule has 0 aromatic rings. The molecule has 2 atom stereocenters. The van der Waals surface area contributed by atoms with Crippen LogP contribution in [0.1, 0.15) is 26.2 Å². The molecule has 118 valence electrons. The Kier molecular flexibility index (Phi) is 7.43. The number of carbonyl (C=O) groups is 5. The Balaban J connectivity index is 4.60. The third kappa shape index (κ3) is 8.18. The van der Waals surface area contributed by atoms with Crippen LogP contribution >= 0.6 is 0 Å². The lowest BCUT2D eigenvalue weighted by atomic mass is 10.1. The van der Waals surface area contributed by atoms with Crippen LogP contribution in [0.5, 0.6) is 0 Å². The van der Waals surface area contributed by atoms with Gasteiger partial charge in [0.1, 0.15) is 12.1 Å². The highest BCUT2D eigenvalue weighted by atomic mass is 16.4. The smallest absolute Gasteiger partial charge is 0.326 e. The van der Waals surface area contributed by atoms with Crippen LogP contribution in [0.4, 0.5) is 0 Å². The van der Waals surface area contributed by atoms with Crippen molar-refractivity contribution in [3.05, 3.63) is 0 Å². The number of carbonyl (C=O) groups excluding carboxylic acids is 2. The summed E-state index contributed by atoms with van der Waals surface area (Å²) in [5, 5.41) is 30.1. The van der Waals surface area contributed by atoms with Gasteiger partial charge in [0.15, 0.2) is 0 Å². The van der Waals surface area contributed by atoms with Crippen LogP contribution in [0.15, 0.2) is 0 Å². The zero-order valence-electron chi connectivity index (χ0n) is 11.2. The number of carboxylic acid groups (broad SMARTS) is 3. The van der Waals surface area contributed by atoms with Gasteiger partial charge >= 0.3 is 17.9 Å². The Morgan fingerprint density at radius 3 is 1.81 bits per heavy atom. The van der Waals surface area contributed by atoms with Crippen molar-refractivity contribution in [1.29, 1.82) is 0 Å². The molecule has 0 aromatic carbocycles. The topological polar surface area (TPSA) is 170 Å². The summed E-state index contributed by atoms with van der Waals surface area (Å²) in [5.41, 5.74) is 0. The maximum Gasteiger partial charge on any atom is 0.326 e. The van der Waals surface area contributed by atoms with E-state index in [4.69, 9.17) is 15.3 Å². The molecule has 10 heteroatoms. The summed E-state index contributed by atoms with van der Waals surface area (Å²) in [6.07, 6.45) is -1.47. The first kappa shape index (κ1) is 18.4. The first-order valence-corrected chi connectivity index (χ1v) is 5.87. The van der Waals surface area contributed by atoms with Crippen molar-refractivity contribution in [3.63, 3.8) is 0 Å². The number of hydrogen-bond donors (Lipinski definition) is 5. The summed E-state index contributed by atoms with van der Waals surface area (Å²) in [6.45, 7) is 1.07. The van der Waals surface area contributed by atoms with Gasteiger partial charge in [0.05, 0.1) is 6.42 Å². The average molecular weight is 304 g/mol. The highest BCUT2D eigenvalue weighted by Gasteiger charge is 2.26. The van der Waals surface area contributed by atoms with Crippen molar-refractivity contribution in [1.82, 2.24) is 10.6 Å². The number of carboxylic acids is 3. The van der Waals surface area contributed by atoms with Crippen LogP contribution in [0.2, 0.25) is 0 Å². The molecular formula is C11H16N2O8. The summed E-state index contributed by atoms with van der Waals surface area (Å²) in [5.74, 6) is -5.68. The van der Waals surface area contributed by atoms with Gasteiger partial charge < -0.3 is 26.0 Å². The summed E-state index contributed by atoms with van der Waals surface area (Å²) < 4.78 is 0. The van der Waals surface area contributed by atoms with Gasteiger partial charge in [0.2, 0.25) is 11.8 Å². The van der Waals surface area contributed by atoms with E-state index in [0.717, 1.165) is 6.92 Å². The van der Waals surface area contributed by atoms with Gasteiger partial charge in [-0.3, -0.25) is 14.4 Å². The molecule has 0 bridgehead atoms. The van der Waals surface area contributed by atoms with E-state index in [2.05, 4.69) is 0 Å². The highest BCUT2D eigenvalue weighted by Crippen LogP contribution is 2.00. The molecule has 0 heterocycles. The van der Waals surface area contributed by atoms with E-state index in [9.17, 15) is 24.0 Å². The molecule has 10 nitrogen and oxygen atoms in total. The second-order valence-corrected chi connectivity index (χ2v) is 4.19. The molecule has 0 radical (unpaired) electrons. The van der Waals surface area contributed by atoms with Crippen molar-refractivity contribution in [2.75, 3.05) is 0 Å². The van der Waals surface area contributed by atoms with E-state index in [0.29, 0.717) is 0 Å². The molecule has 0 aliphatic heterocycles. The molecule has 0 aliphatic carbocycles. The molecule has 0 spiro atoms. The SMILES string of the molecule is CC(=O)NC(CC(=O)NC(CCC(=O)O)C(=O)O)C(=O)O. The minimum atomic E-state index is -1.49. The second kappa shape index (κ2) is 8.51. The molecule has 2 amide bonds. The molecule has 0 saturated carbocycles. The molecule has 2 unspecified atom stereocenters. The molecular weight excluding hydrogens is 288 g/mol. The number of aliphatic carboxylic acids is 3. The Bertz CT molecular complexity index is 448. The Morgan fingerprint density at radius 2 is 1.43 bits per heavy atom. The minimum absolute atomic E-state index is 0.339. The monoisotopic (exact) mass is 304 g/mol. The standard InChI is InChI=1S/C11H16N2O8/c1-5(14)12-7(11(20)21)4-8(15)13-6(10(18)19)2-3-9(16)17/h6-7H,2-4H2,1H3,(H,12,14)(H,13,15)(H,16,17)(H,18,19)(H,20,21). The van der Waals surface area contributed by atoms with Gasteiger partial charge in [-0.25, -0.2) is 9.59 Å². The van der Waals surface area contributed by atoms with E-state index >= 15 is 0 Å². The molecule has 0 rings (SSSR count). The third-order valence-electron chi connectivity index (χ3n) is 2.35. The van der Waals surface area contributed by atoms with E-state index in [1.54, 1.807) is 0 Å². The van der Waals surface area contributed by atoms with E-state index in [1.807, 2.05) is 10.6 Å². The van der Waals surface area contributed by atoms with Crippen LogP contribution < -0.4 is 10.6 Å². The predicted octanol–water partition coefficient (Wildman–Crippen LogP) is -1.60. The zero-order valence-corrected chi connectivity index (χ0v) is 11.2. The lowest BCUT2D eigenvalue weighted by molar-refractivity contribution is -0.144. The molecule has 0 aromatic heterocycles.